The maximum atomic E-state index is 12.7. The molecule has 2 N–H and O–H groups in total. The maximum absolute atomic E-state index is 12.7. The molecule has 1 aromatic rings. The predicted molar refractivity (Wildman–Crippen MR) is 141 cm³/mol. The lowest BCUT2D eigenvalue weighted by Crippen LogP contribution is -2.46. The quantitative estimate of drug-likeness (QED) is 0.322. The number of aliphatic imine (C=N–C) groups is 1. The van der Waals surface area contributed by atoms with Gasteiger partial charge in [0.2, 0.25) is 5.91 Å². The van der Waals surface area contributed by atoms with Gasteiger partial charge in [-0.1, -0.05) is 43.2 Å². The summed E-state index contributed by atoms with van der Waals surface area (Å²) in [7, 11) is 1.84. The summed E-state index contributed by atoms with van der Waals surface area (Å²) in [5.41, 5.74) is 1.39. The van der Waals surface area contributed by atoms with Crippen LogP contribution < -0.4 is 10.6 Å². The normalized spacial score (nSPS) is 26.9. The van der Waals surface area contributed by atoms with Crippen molar-refractivity contribution in [2.75, 3.05) is 33.2 Å². The van der Waals surface area contributed by atoms with Crippen LogP contribution in [-0.2, 0) is 11.3 Å². The van der Waals surface area contributed by atoms with Crippen molar-refractivity contribution < 1.29 is 4.79 Å². The van der Waals surface area contributed by atoms with Crippen molar-refractivity contribution in [2.45, 2.75) is 64.1 Å². The van der Waals surface area contributed by atoms with E-state index in [0.717, 1.165) is 57.9 Å². The molecule has 1 saturated carbocycles. The molecule has 3 atom stereocenters. The Bertz CT molecular complexity index is 752. The third kappa shape index (κ3) is 6.59. The van der Waals surface area contributed by atoms with Crippen molar-refractivity contribution in [1.82, 2.24) is 20.4 Å². The van der Waals surface area contributed by atoms with Gasteiger partial charge < -0.3 is 15.5 Å². The predicted octanol–water partition coefficient (Wildman–Crippen LogP) is 3.47. The molecule has 7 heteroatoms. The van der Waals surface area contributed by atoms with Crippen molar-refractivity contribution in [1.29, 1.82) is 0 Å². The number of benzene rings is 1. The van der Waals surface area contributed by atoms with Crippen LogP contribution in [0.3, 0.4) is 0 Å². The summed E-state index contributed by atoms with van der Waals surface area (Å²) in [6.45, 7) is 7.10. The van der Waals surface area contributed by atoms with E-state index < -0.39 is 0 Å². The fourth-order valence-corrected chi connectivity index (χ4v) is 5.54. The number of nitrogens with zero attached hydrogens (tertiary/aromatic N) is 3. The van der Waals surface area contributed by atoms with Crippen molar-refractivity contribution >= 4 is 35.8 Å². The molecule has 1 aliphatic carbocycles. The fraction of sp³-hybridized carbons (Fsp3) is 0.680. The number of halogens is 1. The van der Waals surface area contributed by atoms with Crippen molar-refractivity contribution in [3.63, 3.8) is 0 Å². The van der Waals surface area contributed by atoms with Crippen molar-refractivity contribution in [2.24, 2.45) is 16.8 Å². The van der Waals surface area contributed by atoms with Crippen LogP contribution >= 0.6 is 24.0 Å². The lowest BCUT2D eigenvalue weighted by Gasteiger charge is -2.22. The molecule has 1 aromatic carbocycles. The molecule has 0 bridgehead atoms. The number of amides is 1. The maximum Gasteiger partial charge on any atom is 0.225 e. The molecule has 0 radical (unpaired) electrons. The van der Waals surface area contributed by atoms with E-state index in [4.69, 9.17) is 0 Å². The summed E-state index contributed by atoms with van der Waals surface area (Å²) in [6, 6.07) is 11.7. The van der Waals surface area contributed by atoms with Gasteiger partial charge in [-0.25, -0.2) is 0 Å². The summed E-state index contributed by atoms with van der Waals surface area (Å²) in [6.07, 6.45) is 6.81. The summed E-state index contributed by atoms with van der Waals surface area (Å²) >= 11 is 0. The van der Waals surface area contributed by atoms with E-state index in [1.54, 1.807) is 0 Å². The second kappa shape index (κ2) is 12.2. The second-order valence-corrected chi connectivity index (χ2v) is 9.71. The smallest absolute Gasteiger partial charge is 0.225 e. The molecule has 0 aromatic heterocycles. The van der Waals surface area contributed by atoms with Gasteiger partial charge >= 0.3 is 0 Å². The average molecular weight is 554 g/mol. The minimum Gasteiger partial charge on any atom is -0.356 e. The molecule has 1 amide bonds. The van der Waals surface area contributed by atoms with E-state index >= 15 is 0 Å². The molecule has 32 heavy (non-hydrogen) atoms. The van der Waals surface area contributed by atoms with Crippen molar-refractivity contribution in [3.05, 3.63) is 35.9 Å². The molecule has 6 nitrogen and oxygen atoms in total. The number of carbonyl (C=O) groups is 1. The Morgan fingerprint density at radius 3 is 2.59 bits per heavy atom. The minimum atomic E-state index is 0. The first-order chi connectivity index (χ1) is 15.1. The highest BCUT2D eigenvalue weighted by atomic mass is 127. The van der Waals surface area contributed by atoms with Gasteiger partial charge in [0.15, 0.2) is 5.96 Å². The topological polar surface area (TPSA) is 60.0 Å². The van der Waals surface area contributed by atoms with Crippen LogP contribution in [0.15, 0.2) is 35.3 Å². The van der Waals surface area contributed by atoms with E-state index in [1.165, 1.54) is 24.8 Å². The zero-order valence-corrected chi connectivity index (χ0v) is 22.0. The molecule has 2 saturated heterocycles. The Labute approximate surface area is 210 Å². The van der Waals surface area contributed by atoms with Crippen LogP contribution in [0.1, 0.15) is 51.0 Å². The zero-order chi connectivity index (χ0) is 21.6. The number of rotatable bonds is 6. The number of hydrogen-bond acceptors (Lipinski definition) is 3. The third-order valence-corrected chi connectivity index (χ3v) is 7.35. The number of guanidine groups is 1. The van der Waals surface area contributed by atoms with Gasteiger partial charge in [0.1, 0.15) is 0 Å². The molecule has 3 unspecified atom stereocenters. The Balaban J connectivity index is 0.00000289. The lowest BCUT2D eigenvalue weighted by molar-refractivity contribution is -0.134. The lowest BCUT2D eigenvalue weighted by atomic mass is 10.1. The standard InChI is InChI=1S/C25H39N5O.HI/c1-19-14-21(17-30(19)16-20-8-4-3-5-9-20)15-27-25(26-2)28-23-12-13-29(18-23)24(31)22-10-6-7-11-22;/h3-5,8-9,19,21-23H,6-7,10-18H2,1-2H3,(H2,26,27,28);1H. The molecule has 2 heterocycles. The highest BCUT2D eigenvalue weighted by Gasteiger charge is 2.33. The summed E-state index contributed by atoms with van der Waals surface area (Å²) in [5.74, 6) is 2.15. The second-order valence-electron chi connectivity index (χ2n) is 9.71. The highest BCUT2D eigenvalue weighted by molar-refractivity contribution is 14.0. The van der Waals surface area contributed by atoms with Crippen LogP contribution in [0.2, 0.25) is 0 Å². The first-order valence-corrected chi connectivity index (χ1v) is 12.2. The van der Waals surface area contributed by atoms with Crippen LogP contribution in [0.25, 0.3) is 0 Å². The average Bonchev–Trinajstić information content (AvgIpc) is 3.54. The largest absolute Gasteiger partial charge is 0.356 e. The van der Waals surface area contributed by atoms with Gasteiger partial charge in [-0.2, -0.15) is 0 Å². The Morgan fingerprint density at radius 2 is 1.88 bits per heavy atom. The molecule has 2 aliphatic heterocycles. The summed E-state index contributed by atoms with van der Waals surface area (Å²) < 4.78 is 0. The highest BCUT2D eigenvalue weighted by Crippen LogP contribution is 2.28. The Hall–Kier alpha value is -1.35. The molecule has 3 fully saturated rings. The van der Waals surface area contributed by atoms with Gasteiger partial charge in [0.25, 0.3) is 0 Å². The fourth-order valence-electron chi connectivity index (χ4n) is 5.54. The first kappa shape index (κ1) is 25.3. The first-order valence-electron chi connectivity index (χ1n) is 12.2. The number of hydrogen-bond donors (Lipinski definition) is 2. The number of likely N-dealkylation sites (tertiary alicyclic amines) is 2. The summed E-state index contributed by atoms with van der Waals surface area (Å²) in [4.78, 5) is 21.8. The zero-order valence-electron chi connectivity index (χ0n) is 19.6. The molecular formula is C25H40IN5O. The molecule has 3 aliphatic rings. The van der Waals surface area contributed by atoms with Crippen LogP contribution in [0, 0.1) is 11.8 Å². The van der Waals surface area contributed by atoms with Gasteiger partial charge in [-0.15, -0.1) is 24.0 Å². The van der Waals surface area contributed by atoms with E-state index in [9.17, 15) is 4.79 Å². The van der Waals surface area contributed by atoms with Crippen LogP contribution in [0.4, 0.5) is 0 Å². The molecule has 0 spiro atoms. The number of nitrogens with one attached hydrogen (secondary N) is 2. The van der Waals surface area contributed by atoms with Gasteiger partial charge in [0, 0.05) is 57.8 Å². The van der Waals surface area contributed by atoms with Crippen LogP contribution in [0.5, 0.6) is 0 Å². The van der Waals surface area contributed by atoms with Gasteiger partial charge in [-0.05, 0) is 44.1 Å². The van der Waals surface area contributed by atoms with Gasteiger partial charge in [0.05, 0.1) is 0 Å². The molecule has 4 rings (SSSR count). The number of carbonyl (C=O) groups excluding carboxylic acids is 1. The van der Waals surface area contributed by atoms with E-state index in [2.05, 4.69) is 62.7 Å². The Kier molecular flexibility index (Phi) is 9.64. The SMILES string of the molecule is CN=C(NCC1CC(C)N(Cc2ccccc2)C1)NC1CCN(C(=O)C2CCCC2)C1.I. The molecule has 178 valence electrons. The molecular weight excluding hydrogens is 513 g/mol. The van der Waals surface area contributed by atoms with E-state index in [0.29, 0.717) is 23.9 Å². The van der Waals surface area contributed by atoms with E-state index in [-0.39, 0.29) is 29.9 Å². The Morgan fingerprint density at radius 1 is 1.12 bits per heavy atom. The van der Waals surface area contributed by atoms with Crippen molar-refractivity contribution in [3.8, 4) is 0 Å². The minimum absolute atomic E-state index is 0. The van der Waals surface area contributed by atoms with E-state index in [1.807, 2.05) is 7.05 Å². The monoisotopic (exact) mass is 553 g/mol. The summed E-state index contributed by atoms with van der Waals surface area (Å²) in [5, 5.41) is 7.11. The third-order valence-electron chi connectivity index (χ3n) is 7.35. The van der Waals surface area contributed by atoms with Crippen LogP contribution in [-0.4, -0.2) is 67.0 Å². The van der Waals surface area contributed by atoms with Gasteiger partial charge in [-0.3, -0.25) is 14.7 Å².